The van der Waals surface area contributed by atoms with Crippen molar-refractivity contribution in [1.82, 2.24) is 4.90 Å². The van der Waals surface area contributed by atoms with Crippen LogP contribution in [0.1, 0.15) is 36.9 Å². The molecule has 2 heteroatoms. The summed E-state index contributed by atoms with van der Waals surface area (Å²) in [6, 6.07) is 21.7. The number of hydrogen-bond acceptors (Lipinski definition) is 2. The maximum absolute atomic E-state index is 10.4. The largest absolute Gasteiger partial charge is 0.392 e. The minimum Gasteiger partial charge on any atom is -0.392 e. The van der Waals surface area contributed by atoms with E-state index in [1.54, 1.807) is 0 Å². The number of rotatable bonds is 4. The molecule has 0 aliphatic carbocycles. The zero-order chi connectivity index (χ0) is 15.4. The van der Waals surface area contributed by atoms with E-state index in [9.17, 15) is 5.11 Å². The summed E-state index contributed by atoms with van der Waals surface area (Å²) in [5.74, 6) is 0.400. The highest BCUT2D eigenvalue weighted by Gasteiger charge is 2.34. The zero-order valence-corrected chi connectivity index (χ0v) is 13.2. The van der Waals surface area contributed by atoms with Gasteiger partial charge in [0.25, 0.3) is 0 Å². The summed E-state index contributed by atoms with van der Waals surface area (Å²) in [6.45, 7) is 3.84. The van der Waals surface area contributed by atoms with Gasteiger partial charge in [0.2, 0.25) is 0 Å². The second-order valence-corrected chi connectivity index (χ2v) is 6.31. The number of nitrogens with zero attached hydrogens (tertiary/aromatic N) is 1. The Morgan fingerprint density at radius 3 is 2.27 bits per heavy atom. The quantitative estimate of drug-likeness (QED) is 0.921. The predicted molar refractivity (Wildman–Crippen MR) is 90.4 cm³/mol. The van der Waals surface area contributed by atoms with Crippen molar-refractivity contribution in [3.05, 3.63) is 71.8 Å². The Bertz CT molecular complexity index is 569. The third-order valence-electron chi connectivity index (χ3n) is 4.87. The molecule has 1 saturated heterocycles. The van der Waals surface area contributed by atoms with Crippen molar-refractivity contribution >= 4 is 0 Å². The van der Waals surface area contributed by atoms with E-state index in [0.29, 0.717) is 12.0 Å². The molecule has 0 radical (unpaired) electrons. The molecule has 1 fully saturated rings. The first-order chi connectivity index (χ1) is 10.8. The minimum atomic E-state index is -0.214. The number of benzene rings is 2. The molecular formula is C20H25NO. The third-order valence-corrected chi connectivity index (χ3v) is 4.87. The van der Waals surface area contributed by atoms with Gasteiger partial charge < -0.3 is 5.11 Å². The molecule has 1 heterocycles. The van der Waals surface area contributed by atoms with E-state index in [1.807, 2.05) is 0 Å². The number of aliphatic hydroxyl groups is 1. The number of piperidine rings is 1. The number of β-amino-alcohol motifs (C(OH)–C–C–N with tert-alkyl or cyclic N) is 1. The molecular weight excluding hydrogens is 270 g/mol. The molecule has 22 heavy (non-hydrogen) atoms. The van der Waals surface area contributed by atoms with Crippen LogP contribution in [-0.4, -0.2) is 22.7 Å². The first kappa shape index (κ1) is 15.3. The Balaban J connectivity index is 1.84. The van der Waals surface area contributed by atoms with E-state index in [4.69, 9.17) is 0 Å². The molecule has 0 amide bonds. The van der Waals surface area contributed by atoms with Gasteiger partial charge in [-0.25, -0.2) is 0 Å². The molecule has 2 nitrogen and oxygen atoms in total. The second-order valence-electron chi connectivity index (χ2n) is 6.31. The molecule has 116 valence electrons. The minimum absolute atomic E-state index is 0.214. The summed E-state index contributed by atoms with van der Waals surface area (Å²) in [7, 11) is 0. The van der Waals surface area contributed by atoms with Crippen molar-refractivity contribution in [2.45, 2.75) is 38.5 Å². The Morgan fingerprint density at radius 2 is 1.64 bits per heavy atom. The molecule has 2 aromatic carbocycles. The fourth-order valence-electron chi connectivity index (χ4n) is 3.56. The van der Waals surface area contributed by atoms with Crippen molar-refractivity contribution in [2.75, 3.05) is 6.54 Å². The molecule has 1 N–H and O–H groups in total. The Morgan fingerprint density at radius 1 is 1.00 bits per heavy atom. The zero-order valence-electron chi connectivity index (χ0n) is 13.2. The molecule has 0 saturated carbocycles. The van der Waals surface area contributed by atoms with Crippen molar-refractivity contribution in [3.8, 4) is 0 Å². The highest BCUT2D eigenvalue weighted by molar-refractivity contribution is 5.21. The average Bonchev–Trinajstić information content (AvgIpc) is 2.57. The van der Waals surface area contributed by atoms with E-state index < -0.39 is 0 Å². The van der Waals surface area contributed by atoms with Crippen molar-refractivity contribution in [3.63, 3.8) is 0 Å². The molecule has 2 aromatic rings. The van der Waals surface area contributed by atoms with Gasteiger partial charge in [0, 0.05) is 19.1 Å². The summed E-state index contributed by atoms with van der Waals surface area (Å²) in [5, 5.41) is 10.4. The van der Waals surface area contributed by atoms with Crippen LogP contribution in [0.25, 0.3) is 0 Å². The van der Waals surface area contributed by atoms with Crippen molar-refractivity contribution in [1.29, 1.82) is 0 Å². The molecule has 3 rings (SSSR count). The molecule has 0 spiro atoms. The van der Waals surface area contributed by atoms with Gasteiger partial charge in [0.1, 0.15) is 0 Å². The number of hydrogen-bond donors (Lipinski definition) is 1. The van der Waals surface area contributed by atoms with Crippen LogP contribution >= 0.6 is 0 Å². The summed E-state index contributed by atoms with van der Waals surface area (Å²) < 4.78 is 0. The maximum atomic E-state index is 10.4. The van der Waals surface area contributed by atoms with Crippen LogP contribution in [-0.2, 0) is 6.54 Å². The maximum Gasteiger partial charge on any atom is 0.0696 e. The monoisotopic (exact) mass is 295 g/mol. The van der Waals surface area contributed by atoms with Crippen LogP contribution in [0.4, 0.5) is 0 Å². The van der Waals surface area contributed by atoms with E-state index in [0.717, 1.165) is 25.9 Å². The van der Waals surface area contributed by atoms with Gasteiger partial charge in [-0.3, -0.25) is 4.90 Å². The Kier molecular flexibility index (Phi) is 4.91. The topological polar surface area (TPSA) is 23.5 Å². The highest BCUT2D eigenvalue weighted by atomic mass is 16.3. The fraction of sp³-hybridized carbons (Fsp3) is 0.400. The lowest BCUT2D eigenvalue weighted by atomic mass is 9.83. The Labute approximate surface area is 133 Å². The van der Waals surface area contributed by atoms with Crippen LogP contribution in [0.2, 0.25) is 0 Å². The molecule has 0 unspecified atom stereocenters. The van der Waals surface area contributed by atoms with E-state index >= 15 is 0 Å². The first-order valence-corrected chi connectivity index (χ1v) is 8.29. The standard InChI is InChI=1S/C20H25NO/c1-2-17-13-19(18-11-7-4-8-12-18)21(15-20(17)22)14-16-9-5-3-6-10-16/h3-12,17,19-20,22H,2,13-15H2,1H3/t17-,19-,20+/m0/s1. The number of aliphatic hydroxyl groups excluding tert-OH is 1. The summed E-state index contributed by atoms with van der Waals surface area (Å²) in [6.07, 6.45) is 1.87. The van der Waals surface area contributed by atoms with Gasteiger partial charge in [-0.05, 0) is 23.5 Å². The smallest absolute Gasteiger partial charge is 0.0696 e. The molecule has 0 aromatic heterocycles. The normalized spacial score (nSPS) is 26.0. The third kappa shape index (κ3) is 3.40. The van der Waals surface area contributed by atoms with Crippen LogP contribution in [0.15, 0.2) is 60.7 Å². The lowest BCUT2D eigenvalue weighted by molar-refractivity contribution is -0.0158. The summed E-state index contributed by atoms with van der Waals surface area (Å²) in [5.41, 5.74) is 2.68. The van der Waals surface area contributed by atoms with Crippen LogP contribution in [0, 0.1) is 5.92 Å². The molecule has 3 atom stereocenters. The lowest BCUT2D eigenvalue weighted by Gasteiger charge is -2.42. The van der Waals surface area contributed by atoms with E-state index in [1.165, 1.54) is 11.1 Å². The Hall–Kier alpha value is -1.64. The predicted octanol–water partition coefficient (Wildman–Crippen LogP) is 4.02. The molecule has 0 bridgehead atoms. The van der Waals surface area contributed by atoms with Gasteiger partial charge in [-0.1, -0.05) is 74.0 Å². The van der Waals surface area contributed by atoms with Gasteiger partial charge in [0.05, 0.1) is 6.10 Å². The molecule has 1 aliphatic heterocycles. The molecule has 1 aliphatic rings. The lowest BCUT2D eigenvalue weighted by Crippen LogP contribution is -2.45. The van der Waals surface area contributed by atoms with Gasteiger partial charge >= 0.3 is 0 Å². The van der Waals surface area contributed by atoms with E-state index in [-0.39, 0.29) is 6.10 Å². The van der Waals surface area contributed by atoms with Gasteiger partial charge in [-0.15, -0.1) is 0 Å². The number of likely N-dealkylation sites (tertiary alicyclic amines) is 1. The summed E-state index contributed by atoms with van der Waals surface area (Å²) in [4.78, 5) is 2.43. The average molecular weight is 295 g/mol. The van der Waals surface area contributed by atoms with Gasteiger partial charge in [0.15, 0.2) is 0 Å². The van der Waals surface area contributed by atoms with Crippen LogP contribution < -0.4 is 0 Å². The summed E-state index contributed by atoms with van der Waals surface area (Å²) >= 11 is 0. The van der Waals surface area contributed by atoms with Crippen LogP contribution in [0.5, 0.6) is 0 Å². The van der Waals surface area contributed by atoms with E-state index in [2.05, 4.69) is 72.5 Å². The second kappa shape index (κ2) is 7.08. The SMILES string of the molecule is CC[C@H]1C[C@@H](c2ccccc2)N(Cc2ccccc2)C[C@H]1O. The van der Waals surface area contributed by atoms with Crippen molar-refractivity contribution < 1.29 is 5.11 Å². The van der Waals surface area contributed by atoms with Gasteiger partial charge in [-0.2, -0.15) is 0 Å². The highest BCUT2D eigenvalue weighted by Crippen LogP contribution is 2.36. The van der Waals surface area contributed by atoms with Crippen LogP contribution in [0.3, 0.4) is 0 Å². The first-order valence-electron chi connectivity index (χ1n) is 8.29. The fourth-order valence-corrected chi connectivity index (χ4v) is 3.56. The van der Waals surface area contributed by atoms with Crippen molar-refractivity contribution in [2.24, 2.45) is 5.92 Å².